The number of thiophene rings is 1. The monoisotopic (exact) mass is 389 g/mol. The van der Waals surface area contributed by atoms with Gasteiger partial charge in [0.1, 0.15) is 3.92 Å². The first-order chi connectivity index (χ1) is 9.11. The number of nitrogens with one attached hydrogen (secondary N) is 1. The van der Waals surface area contributed by atoms with Crippen LogP contribution in [0.25, 0.3) is 10.1 Å². The number of halogens is 1. The summed E-state index contributed by atoms with van der Waals surface area (Å²) in [4.78, 5) is 23.8. The zero-order valence-electron chi connectivity index (χ0n) is 10.2. The van der Waals surface area contributed by atoms with E-state index in [1.807, 2.05) is 52.9 Å². The molecule has 100 valence electrons. The van der Waals surface area contributed by atoms with Gasteiger partial charge in [-0.25, -0.2) is 0 Å². The Morgan fingerprint density at radius 1 is 1.42 bits per heavy atom. The molecule has 6 heteroatoms. The molecule has 1 unspecified atom stereocenters. The van der Waals surface area contributed by atoms with Crippen molar-refractivity contribution in [2.75, 3.05) is 13.7 Å². The van der Waals surface area contributed by atoms with Crippen LogP contribution in [0.4, 0.5) is 0 Å². The average molecular weight is 389 g/mol. The summed E-state index contributed by atoms with van der Waals surface area (Å²) < 4.78 is 5.30. The van der Waals surface area contributed by atoms with E-state index in [9.17, 15) is 9.59 Å². The van der Waals surface area contributed by atoms with Crippen molar-refractivity contribution >= 4 is 55.9 Å². The Morgan fingerprint density at radius 2 is 2.16 bits per heavy atom. The zero-order valence-corrected chi connectivity index (χ0v) is 13.2. The van der Waals surface area contributed by atoms with E-state index in [-0.39, 0.29) is 22.3 Å². The highest BCUT2D eigenvalue weighted by molar-refractivity contribution is 14.1. The van der Waals surface area contributed by atoms with E-state index < -0.39 is 0 Å². The van der Waals surface area contributed by atoms with Crippen molar-refractivity contribution in [3.05, 3.63) is 35.2 Å². The van der Waals surface area contributed by atoms with Gasteiger partial charge in [0.05, 0.1) is 12.0 Å². The molecule has 0 saturated heterocycles. The summed E-state index contributed by atoms with van der Waals surface area (Å²) in [6.07, 6.45) is 0. The van der Waals surface area contributed by atoms with Crippen LogP contribution in [0.3, 0.4) is 0 Å². The lowest BCUT2D eigenvalue weighted by molar-refractivity contribution is -0.139. The van der Waals surface area contributed by atoms with E-state index in [0.717, 1.165) is 10.1 Å². The van der Waals surface area contributed by atoms with Gasteiger partial charge in [-0.15, -0.1) is 11.3 Å². The second kappa shape index (κ2) is 6.33. The molecule has 1 amide bonds. The molecule has 19 heavy (non-hydrogen) atoms. The maximum atomic E-state index is 12.0. The largest absolute Gasteiger partial charge is 0.468 e. The van der Waals surface area contributed by atoms with Gasteiger partial charge in [-0.1, -0.05) is 40.8 Å². The van der Waals surface area contributed by atoms with Gasteiger partial charge in [0.15, 0.2) is 0 Å². The number of hydrogen-bond acceptors (Lipinski definition) is 4. The molecular formula is C13H12INO3S. The summed E-state index contributed by atoms with van der Waals surface area (Å²) in [6.45, 7) is 0.264. The van der Waals surface area contributed by atoms with Crippen molar-refractivity contribution in [2.24, 2.45) is 0 Å². The Morgan fingerprint density at radius 3 is 2.84 bits per heavy atom. The van der Waals surface area contributed by atoms with Crippen LogP contribution < -0.4 is 5.32 Å². The fourth-order valence-corrected chi connectivity index (χ4v) is 3.03. The minimum Gasteiger partial charge on any atom is -0.468 e. The number of ether oxygens (including phenoxy) is 1. The van der Waals surface area contributed by atoms with Crippen molar-refractivity contribution in [1.82, 2.24) is 5.32 Å². The number of carbonyl (C=O) groups is 2. The molecule has 0 radical (unpaired) electrons. The topological polar surface area (TPSA) is 55.4 Å². The Bertz CT molecular complexity index is 578. The number of benzene rings is 1. The highest BCUT2D eigenvalue weighted by Crippen LogP contribution is 2.25. The molecule has 1 N–H and O–H groups in total. The second-order valence-corrected chi connectivity index (χ2v) is 6.44. The lowest BCUT2D eigenvalue weighted by atomic mass is 10.2. The van der Waals surface area contributed by atoms with Gasteiger partial charge in [-0.3, -0.25) is 9.59 Å². The minimum absolute atomic E-state index is 0.160. The van der Waals surface area contributed by atoms with E-state index in [2.05, 4.69) is 10.1 Å². The molecule has 2 aromatic rings. The number of carbonyl (C=O) groups excluding carboxylic acids is 2. The predicted octanol–water partition coefficient (Wildman–Crippen LogP) is 2.61. The van der Waals surface area contributed by atoms with E-state index in [4.69, 9.17) is 0 Å². The number of rotatable bonds is 4. The molecule has 0 aliphatic rings. The molecule has 1 atom stereocenters. The molecule has 0 spiro atoms. The van der Waals surface area contributed by atoms with Crippen LogP contribution in [0.5, 0.6) is 0 Å². The molecule has 4 nitrogen and oxygen atoms in total. The van der Waals surface area contributed by atoms with Crippen molar-refractivity contribution in [1.29, 1.82) is 0 Å². The molecule has 0 aliphatic heterocycles. The lowest BCUT2D eigenvalue weighted by Gasteiger charge is -2.08. The van der Waals surface area contributed by atoms with E-state index in [0.29, 0.717) is 4.88 Å². The van der Waals surface area contributed by atoms with Crippen LogP contribution in [0, 0.1) is 0 Å². The predicted molar refractivity (Wildman–Crippen MR) is 84.0 cm³/mol. The summed E-state index contributed by atoms with van der Waals surface area (Å²) in [6, 6.07) is 9.69. The highest BCUT2D eigenvalue weighted by Gasteiger charge is 2.17. The first-order valence-electron chi connectivity index (χ1n) is 5.60. The second-order valence-electron chi connectivity index (χ2n) is 3.85. The molecule has 2 rings (SSSR count). The maximum Gasteiger partial charge on any atom is 0.320 e. The van der Waals surface area contributed by atoms with Crippen molar-refractivity contribution in [3.8, 4) is 0 Å². The standard InChI is InChI=1S/C13H12INO3S/c1-18-13(17)9(14)7-15-12(16)11-6-8-4-2-3-5-10(8)19-11/h2-6,9H,7H2,1H3,(H,15,16). The third-order valence-electron chi connectivity index (χ3n) is 2.55. The third kappa shape index (κ3) is 3.44. The van der Waals surface area contributed by atoms with Crippen molar-refractivity contribution in [3.63, 3.8) is 0 Å². The smallest absolute Gasteiger partial charge is 0.320 e. The fraction of sp³-hybridized carbons (Fsp3) is 0.231. The number of esters is 1. The fourth-order valence-electron chi connectivity index (χ4n) is 1.57. The van der Waals surface area contributed by atoms with Crippen LogP contribution in [0.1, 0.15) is 9.67 Å². The number of methoxy groups -OCH3 is 1. The quantitative estimate of drug-likeness (QED) is 0.497. The number of alkyl halides is 1. The SMILES string of the molecule is COC(=O)C(I)CNC(=O)c1cc2ccccc2s1. The molecule has 0 aliphatic carbocycles. The van der Waals surface area contributed by atoms with Gasteiger partial charge < -0.3 is 10.1 Å². The highest BCUT2D eigenvalue weighted by atomic mass is 127. The minimum atomic E-state index is -0.374. The van der Waals surface area contributed by atoms with Crippen molar-refractivity contribution in [2.45, 2.75) is 3.92 Å². The first-order valence-corrected chi connectivity index (χ1v) is 7.66. The van der Waals surface area contributed by atoms with Gasteiger partial charge in [0, 0.05) is 11.2 Å². The summed E-state index contributed by atoms with van der Waals surface area (Å²) in [5.74, 6) is -0.496. The van der Waals surface area contributed by atoms with E-state index in [1.54, 1.807) is 0 Å². The van der Waals surface area contributed by atoms with Gasteiger partial charge in [-0.05, 0) is 17.5 Å². The first kappa shape index (κ1) is 14.3. The number of amides is 1. The Kier molecular flexibility index (Phi) is 4.76. The van der Waals surface area contributed by atoms with Crippen LogP contribution in [0.15, 0.2) is 30.3 Å². The summed E-state index contributed by atoms with van der Waals surface area (Å²) in [7, 11) is 1.34. The van der Waals surface area contributed by atoms with Crippen LogP contribution in [0.2, 0.25) is 0 Å². The molecule has 1 aromatic carbocycles. The lowest BCUT2D eigenvalue weighted by Crippen LogP contribution is -2.33. The van der Waals surface area contributed by atoms with Crippen LogP contribution in [-0.4, -0.2) is 29.5 Å². The summed E-state index contributed by atoms with van der Waals surface area (Å²) in [5.41, 5.74) is 0. The van der Waals surface area contributed by atoms with Gasteiger partial charge in [0.2, 0.25) is 0 Å². The Labute approximate surface area is 128 Å². The van der Waals surface area contributed by atoms with E-state index >= 15 is 0 Å². The van der Waals surface area contributed by atoms with E-state index in [1.165, 1.54) is 18.4 Å². The molecule has 1 aromatic heterocycles. The zero-order chi connectivity index (χ0) is 13.8. The number of hydrogen-bond donors (Lipinski definition) is 1. The third-order valence-corrected chi connectivity index (χ3v) is 4.61. The van der Waals surface area contributed by atoms with Crippen LogP contribution >= 0.6 is 33.9 Å². The Balaban J connectivity index is 2.02. The Hall–Kier alpha value is -1.15. The van der Waals surface area contributed by atoms with Gasteiger partial charge in [0.25, 0.3) is 5.91 Å². The molecule has 1 heterocycles. The summed E-state index contributed by atoms with van der Waals surface area (Å²) >= 11 is 3.39. The maximum absolute atomic E-state index is 12.0. The number of fused-ring (bicyclic) bond motifs is 1. The molecular weight excluding hydrogens is 377 g/mol. The van der Waals surface area contributed by atoms with Crippen molar-refractivity contribution < 1.29 is 14.3 Å². The van der Waals surface area contributed by atoms with Gasteiger partial charge in [-0.2, -0.15) is 0 Å². The molecule has 0 fully saturated rings. The summed E-state index contributed by atoms with van der Waals surface area (Å²) in [5, 5.41) is 3.79. The normalized spacial score (nSPS) is 12.1. The molecule has 0 bridgehead atoms. The molecule has 0 saturated carbocycles. The van der Waals surface area contributed by atoms with Crippen LogP contribution in [-0.2, 0) is 9.53 Å². The van der Waals surface area contributed by atoms with Gasteiger partial charge >= 0.3 is 5.97 Å². The average Bonchev–Trinajstić information content (AvgIpc) is 2.87.